The minimum Gasteiger partial charge on any atom is -0.494 e. The van der Waals surface area contributed by atoms with Crippen molar-refractivity contribution in [1.29, 1.82) is 0 Å². The van der Waals surface area contributed by atoms with Gasteiger partial charge in [0.15, 0.2) is 5.16 Å². The lowest BCUT2D eigenvalue weighted by molar-refractivity contribution is 0.0524. The summed E-state index contributed by atoms with van der Waals surface area (Å²) in [5, 5.41) is 1.01. The largest absolute Gasteiger partial charge is 0.494 e. The van der Waals surface area contributed by atoms with E-state index in [1.54, 1.807) is 29.7 Å². The Bertz CT molecular complexity index is 1290. The standard InChI is InChI=1S/C24H22N2O5S/c1-3-29-17-11-9-16(10-12-17)26-22(27)18-7-5-6-8-20(18)25-24(26)32-15-21-19(13-14-31-21)23(28)30-4-2/h5-14H,3-4,15H2,1-2H3. The van der Waals surface area contributed by atoms with Crippen molar-refractivity contribution in [3.05, 3.63) is 82.5 Å². The summed E-state index contributed by atoms with van der Waals surface area (Å²) < 4.78 is 17.7. The minimum atomic E-state index is -0.438. The Labute approximate surface area is 189 Å². The third-order valence-electron chi connectivity index (χ3n) is 4.72. The Balaban J connectivity index is 1.74. The molecule has 0 saturated heterocycles. The SMILES string of the molecule is CCOC(=O)c1ccoc1CSc1nc2ccccc2c(=O)n1-c1ccc(OCC)cc1. The summed E-state index contributed by atoms with van der Waals surface area (Å²) in [6.45, 7) is 4.50. The molecule has 8 heteroatoms. The molecule has 32 heavy (non-hydrogen) atoms. The number of benzene rings is 2. The summed E-state index contributed by atoms with van der Waals surface area (Å²) in [5.74, 6) is 1.06. The third-order valence-corrected chi connectivity index (χ3v) is 5.66. The number of para-hydroxylation sites is 1. The van der Waals surface area contributed by atoms with Gasteiger partial charge >= 0.3 is 5.97 Å². The first-order valence-corrected chi connectivity index (χ1v) is 11.2. The van der Waals surface area contributed by atoms with Crippen molar-refractivity contribution in [3.8, 4) is 11.4 Å². The van der Waals surface area contributed by atoms with Gasteiger partial charge in [-0.1, -0.05) is 23.9 Å². The molecule has 0 spiro atoms. The predicted molar refractivity (Wildman–Crippen MR) is 123 cm³/mol. The monoisotopic (exact) mass is 450 g/mol. The van der Waals surface area contributed by atoms with E-state index in [0.29, 0.717) is 45.4 Å². The Morgan fingerprint density at radius 2 is 1.84 bits per heavy atom. The lowest BCUT2D eigenvalue weighted by Crippen LogP contribution is -2.21. The summed E-state index contributed by atoms with van der Waals surface area (Å²) in [7, 11) is 0. The van der Waals surface area contributed by atoms with Crippen molar-refractivity contribution >= 4 is 28.6 Å². The summed E-state index contributed by atoms with van der Waals surface area (Å²) in [6, 6.07) is 16.1. The van der Waals surface area contributed by atoms with Gasteiger partial charge in [0.1, 0.15) is 17.1 Å². The molecule has 0 bridgehead atoms. The molecule has 0 saturated carbocycles. The van der Waals surface area contributed by atoms with Gasteiger partial charge in [-0.05, 0) is 56.3 Å². The number of esters is 1. The van der Waals surface area contributed by atoms with Crippen molar-refractivity contribution in [3.63, 3.8) is 0 Å². The molecule has 2 aromatic carbocycles. The van der Waals surface area contributed by atoms with Crippen molar-refractivity contribution in [1.82, 2.24) is 9.55 Å². The maximum atomic E-state index is 13.4. The molecular weight excluding hydrogens is 428 g/mol. The smallest absolute Gasteiger partial charge is 0.341 e. The first-order chi connectivity index (χ1) is 15.6. The lowest BCUT2D eigenvalue weighted by atomic mass is 10.2. The highest BCUT2D eigenvalue weighted by atomic mass is 32.2. The van der Waals surface area contributed by atoms with Crippen LogP contribution in [-0.4, -0.2) is 28.7 Å². The fourth-order valence-electron chi connectivity index (χ4n) is 3.27. The molecule has 0 amide bonds. The Kier molecular flexibility index (Phi) is 6.61. The highest BCUT2D eigenvalue weighted by Gasteiger charge is 2.19. The molecule has 2 aromatic heterocycles. The van der Waals surface area contributed by atoms with Gasteiger partial charge in [-0.15, -0.1) is 0 Å². The van der Waals surface area contributed by atoms with Crippen molar-refractivity contribution in [2.24, 2.45) is 0 Å². The normalized spacial score (nSPS) is 10.9. The van der Waals surface area contributed by atoms with E-state index >= 15 is 0 Å². The van der Waals surface area contributed by atoms with E-state index in [4.69, 9.17) is 18.9 Å². The number of ether oxygens (including phenoxy) is 2. The zero-order valence-corrected chi connectivity index (χ0v) is 18.6. The van der Waals surface area contributed by atoms with Crippen LogP contribution in [-0.2, 0) is 10.5 Å². The number of hydrogen-bond donors (Lipinski definition) is 0. The summed E-state index contributed by atoms with van der Waals surface area (Å²) >= 11 is 1.31. The van der Waals surface area contributed by atoms with Crippen molar-refractivity contribution < 1.29 is 18.7 Å². The first-order valence-electron chi connectivity index (χ1n) is 10.2. The molecule has 0 radical (unpaired) electrons. The lowest BCUT2D eigenvalue weighted by Gasteiger charge is -2.13. The molecule has 164 valence electrons. The molecule has 0 fully saturated rings. The van der Waals surface area contributed by atoms with Crippen LogP contribution in [0.25, 0.3) is 16.6 Å². The van der Waals surface area contributed by atoms with Gasteiger partial charge < -0.3 is 13.9 Å². The molecule has 2 heterocycles. The van der Waals surface area contributed by atoms with Gasteiger partial charge in [0.25, 0.3) is 5.56 Å². The third kappa shape index (κ3) is 4.40. The molecule has 0 unspecified atom stereocenters. The fourth-order valence-corrected chi connectivity index (χ4v) is 4.23. The van der Waals surface area contributed by atoms with Crippen LogP contribution in [0.5, 0.6) is 5.75 Å². The van der Waals surface area contributed by atoms with Crippen LogP contribution in [0.2, 0.25) is 0 Å². The summed E-state index contributed by atoms with van der Waals surface area (Å²) in [6.07, 6.45) is 1.45. The second-order valence-electron chi connectivity index (χ2n) is 6.75. The highest BCUT2D eigenvalue weighted by molar-refractivity contribution is 7.98. The second kappa shape index (κ2) is 9.74. The van der Waals surface area contributed by atoms with E-state index in [1.165, 1.54) is 18.0 Å². The van der Waals surface area contributed by atoms with Gasteiger partial charge in [0.05, 0.1) is 41.8 Å². The number of carbonyl (C=O) groups excluding carboxylic acids is 1. The number of furan rings is 1. The van der Waals surface area contributed by atoms with E-state index in [0.717, 1.165) is 5.75 Å². The van der Waals surface area contributed by atoms with Gasteiger partial charge in [0.2, 0.25) is 0 Å². The van der Waals surface area contributed by atoms with Crippen LogP contribution in [0.15, 0.2) is 75.2 Å². The van der Waals surface area contributed by atoms with Crippen LogP contribution in [0.1, 0.15) is 30.0 Å². The predicted octanol–water partition coefficient (Wildman–Crippen LogP) is 4.85. The van der Waals surface area contributed by atoms with Gasteiger partial charge in [0, 0.05) is 0 Å². The van der Waals surface area contributed by atoms with Crippen LogP contribution in [0, 0.1) is 0 Å². The van der Waals surface area contributed by atoms with Crippen LogP contribution in [0.3, 0.4) is 0 Å². The van der Waals surface area contributed by atoms with Crippen molar-refractivity contribution in [2.45, 2.75) is 24.8 Å². The number of aromatic nitrogens is 2. The zero-order valence-electron chi connectivity index (χ0n) is 17.7. The average molecular weight is 451 g/mol. The van der Waals surface area contributed by atoms with E-state index in [9.17, 15) is 9.59 Å². The Morgan fingerprint density at radius 3 is 2.59 bits per heavy atom. The van der Waals surface area contributed by atoms with Crippen molar-refractivity contribution in [2.75, 3.05) is 13.2 Å². The highest BCUT2D eigenvalue weighted by Crippen LogP contribution is 2.27. The Morgan fingerprint density at radius 1 is 1.06 bits per heavy atom. The number of carbonyl (C=O) groups is 1. The number of fused-ring (bicyclic) bond motifs is 1. The maximum Gasteiger partial charge on any atom is 0.341 e. The van der Waals surface area contributed by atoms with E-state index in [1.807, 2.05) is 43.3 Å². The average Bonchev–Trinajstić information content (AvgIpc) is 3.28. The molecule has 4 rings (SSSR count). The number of nitrogens with zero attached hydrogens (tertiary/aromatic N) is 2. The minimum absolute atomic E-state index is 0.174. The number of hydrogen-bond acceptors (Lipinski definition) is 7. The van der Waals surface area contributed by atoms with Crippen LogP contribution >= 0.6 is 11.8 Å². The first kappa shape index (κ1) is 21.7. The topological polar surface area (TPSA) is 83.6 Å². The Hall–Kier alpha value is -3.52. The molecule has 0 atom stereocenters. The molecular formula is C24H22N2O5S. The van der Waals surface area contributed by atoms with E-state index in [2.05, 4.69) is 0 Å². The van der Waals surface area contributed by atoms with Crippen LogP contribution < -0.4 is 10.3 Å². The molecule has 7 nitrogen and oxygen atoms in total. The molecule has 0 aliphatic rings. The number of rotatable bonds is 8. The zero-order chi connectivity index (χ0) is 22.5. The van der Waals surface area contributed by atoms with E-state index < -0.39 is 5.97 Å². The molecule has 0 aliphatic heterocycles. The maximum absolute atomic E-state index is 13.4. The molecule has 0 aliphatic carbocycles. The van der Waals surface area contributed by atoms with Gasteiger partial charge in [-0.25, -0.2) is 9.78 Å². The van der Waals surface area contributed by atoms with Crippen LogP contribution in [0.4, 0.5) is 0 Å². The second-order valence-corrected chi connectivity index (χ2v) is 7.69. The summed E-state index contributed by atoms with van der Waals surface area (Å²) in [5.41, 5.74) is 1.47. The summed E-state index contributed by atoms with van der Waals surface area (Å²) in [4.78, 5) is 30.2. The fraction of sp³-hybridized carbons (Fsp3) is 0.208. The van der Waals surface area contributed by atoms with Gasteiger partial charge in [-0.2, -0.15) is 0 Å². The van der Waals surface area contributed by atoms with Gasteiger partial charge in [-0.3, -0.25) is 9.36 Å². The molecule has 0 N–H and O–H groups in total. The van der Waals surface area contributed by atoms with E-state index in [-0.39, 0.29) is 12.2 Å². The quantitative estimate of drug-likeness (QED) is 0.216. The number of thioether (sulfide) groups is 1. The molecule has 4 aromatic rings.